The number of nitrogens with zero attached hydrogens (tertiary/aromatic N) is 2. The number of esters is 1. The molecule has 1 aliphatic heterocycles. The molecule has 11 nitrogen and oxygen atoms in total. The molecule has 12 heteroatoms. The van der Waals surface area contributed by atoms with Crippen LogP contribution >= 0.6 is 11.6 Å². The molecule has 1 aliphatic rings. The zero-order valence-electron chi connectivity index (χ0n) is 23.3. The number of carbonyl (C=O) groups is 4. The van der Waals surface area contributed by atoms with E-state index in [1.807, 2.05) is 42.5 Å². The normalized spacial score (nSPS) is 14.0. The molecule has 1 heterocycles. The van der Waals surface area contributed by atoms with E-state index in [2.05, 4.69) is 19.9 Å². The zero-order valence-corrected chi connectivity index (χ0v) is 24.0. The van der Waals surface area contributed by atoms with Crippen LogP contribution in [0, 0.1) is 0 Å². The van der Waals surface area contributed by atoms with E-state index in [0.29, 0.717) is 10.7 Å². The lowest BCUT2D eigenvalue weighted by molar-refractivity contribution is -0.164. The molecule has 3 aromatic carbocycles. The maximum atomic E-state index is 13.2. The predicted molar refractivity (Wildman–Crippen MR) is 158 cm³/mol. The maximum Gasteiger partial charge on any atom is 0.511 e. The number of hydrogen-bond donors (Lipinski definition) is 2. The van der Waals surface area contributed by atoms with Gasteiger partial charge in [0.15, 0.2) is 6.10 Å². The van der Waals surface area contributed by atoms with Crippen LogP contribution in [-0.4, -0.2) is 60.3 Å². The van der Waals surface area contributed by atoms with Crippen molar-refractivity contribution in [3.8, 4) is 11.1 Å². The molecule has 2 amide bonds. The number of anilines is 1. The zero-order chi connectivity index (χ0) is 30.8. The summed E-state index contributed by atoms with van der Waals surface area (Å²) in [7, 11) is 0. The molecule has 2 N–H and O–H groups in total. The Morgan fingerprint density at radius 2 is 1.72 bits per heavy atom. The summed E-state index contributed by atoms with van der Waals surface area (Å²) >= 11 is 6.12. The second kappa shape index (κ2) is 14.9. The summed E-state index contributed by atoms with van der Waals surface area (Å²) in [6, 6.07) is 22.9. The third-order valence-electron chi connectivity index (χ3n) is 6.39. The van der Waals surface area contributed by atoms with Gasteiger partial charge in [-0.1, -0.05) is 66.2 Å². The highest BCUT2D eigenvalue weighted by Gasteiger charge is 2.31. The van der Waals surface area contributed by atoms with Gasteiger partial charge in [-0.3, -0.25) is 9.59 Å². The number of benzene rings is 3. The average molecular weight is 608 g/mol. The standard InChI is InChI=1S/C31H30ClN3O8/c1-2-41-31(40)43-19-42-30(39)27(36)17-24(15-20-11-13-21(14-12-20)22-7-6-8-23(32)16-22)33-29(38)26-18-28(37)35(34-26)25-9-4-3-5-10-25/h3-14,16,24,27,36H,2,15,17-19H2,1H3,(H,33,38)/t24-,27-/m1/s1. The molecule has 0 aliphatic carbocycles. The van der Waals surface area contributed by atoms with Crippen LogP contribution in [0.15, 0.2) is 84.0 Å². The molecular formula is C31H30ClN3O8. The molecule has 0 radical (unpaired) electrons. The van der Waals surface area contributed by atoms with Crippen molar-refractivity contribution in [3.63, 3.8) is 0 Å². The van der Waals surface area contributed by atoms with E-state index in [1.165, 1.54) is 0 Å². The molecule has 2 atom stereocenters. The average Bonchev–Trinajstić information content (AvgIpc) is 3.39. The fraction of sp³-hybridized carbons (Fsp3) is 0.258. The number of para-hydroxylation sites is 1. The van der Waals surface area contributed by atoms with Gasteiger partial charge >= 0.3 is 12.1 Å². The second-order valence-corrected chi connectivity index (χ2v) is 9.94. The van der Waals surface area contributed by atoms with Crippen molar-refractivity contribution in [3.05, 3.63) is 89.4 Å². The van der Waals surface area contributed by atoms with Crippen molar-refractivity contribution < 1.29 is 38.5 Å². The first-order valence-corrected chi connectivity index (χ1v) is 13.9. The van der Waals surface area contributed by atoms with Crippen LogP contribution in [0.1, 0.15) is 25.3 Å². The van der Waals surface area contributed by atoms with Gasteiger partial charge < -0.3 is 24.6 Å². The number of rotatable bonds is 12. The quantitative estimate of drug-likeness (QED) is 0.230. The smallest absolute Gasteiger partial charge is 0.435 e. The third kappa shape index (κ3) is 8.87. The van der Waals surface area contributed by atoms with E-state index in [9.17, 15) is 24.3 Å². The molecule has 0 spiro atoms. The van der Waals surface area contributed by atoms with E-state index in [1.54, 1.807) is 43.3 Å². The molecule has 0 fully saturated rings. The first kappa shape index (κ1) is 31.2. The molecule has 43 heavy (non-hydrogen) atoms. The summed E-state index contributed by atoms with van der Waals surface area (Å²) < 4.78 is 14.0. The van der Waals surface area contributed by atoms with E-state index in [4.69, 9.17) is 16.3 Å². The van der Waals surface area contributed by atoms with Gasteiger partial charge in [-0.05, 0) is 54.3 Å². The van der Waals surface area contributed by atoms with Gasteiger partial charge in [0.25, 0.3) is 11.8 Å². The molecule has 0 unspecified atom stereocenters. The number of aliphatic hydroxyl groups excluding tert-OH is 1. The number of aliphatic hydroxyl groups is 1. The Morgan fingerprint density at radius 1 is 0.977 bits per heavy atom. The van der Waals surface area contributed by atoms with Crippen molar-refractivity contribution in [1.82, 2.24) is 5.32 Å². The molecule has 0 saturated heterocycles. The maximum absolute atomic E-state index is 13.2. The van der Waals surface area contributed by atoms with Crippen molar-refractivity contribution in [2.24, 2.45) is 5.10 Å². The molecule has 0 saturated carbocycles. The SMILES string of the molecule is CCOC(=O)OCOC(=O)[C@H](O)C[C@@H](Cc1ccc(-c2cccc(Cl)c2)cc1)NC(=O)C1=NN(c2ccccc2)C(=O)C1. The second-order valence-electron chi connectivity index (χ2n) is 9.51. The van der Waals surface area contributed by atoms with Crippen molar-refractivity contribution in [2.45, 2.75) is 38.3 Å². The fourth-order valence-electron chi connectivity index (χ4n) is 4.33. The van der Waals surface area contributed by atoms with Crippen LogP contribution in [-0.2, 0) is 35.0 Å². The van der Waals surface area contributed by atoms with Gasteiger partial charge in [0.2, 0.25) is 6.79 Å². The van der Waals surface area contributed by atoms with Gasteiger partial charge in [0.05, 0.1) is 18.7 Å². The van der Waals surface area contributed by atoms with E-state index in [-0.39, 0.29) is 37.5 Å². The van der Waals surface area contributed by atoms with Gasteiger partial charge in [-0.25, -0.2) is 9.59 Å². The summed E-state index contributed by atoms with van der Waals surface area (Å²) in [5.41, 5.74) is 3.18. The minimum Gasteiger partial charge on any atom is -0.435 e. The Kier molecular flexibility index (Phi) is 10.8. The third-order valence-corrected chi connectivity index (χ3v) is 6.62. The molecule has 224 valence electrons. The number of hydrazone groups is 1. The Balaban J connectivity index is 1.46. The summed E-state index contributed by atoms with van der Waals surface area (Å²) in [6.07, 6.45) is -2.89. The molecular weight excluding hydrogens is 578 g/mol. The lowest BCUT2D eigenvalue weighted by atomic mass is 9.97. The Morgan fingerprint density at radius 3 is 2.42 bits per heavy atom. The Bertz CT molecular complexity index is 1480. The van der Waals surface area contributed by atoms with E-state index >= 15 is 0 Å². The minimum absolute atomic E-state index is 0.00457. The van der Waals surface area contributed by atoms with Crippen LogP contribution in [0.25, 0.3) is 11.1 Å². The van der Waals surface area contributed by atoms with Crippen molar-refractivity contribution in [1.29, 1.82) is 0 Å². The van der Waals surface area contributed by atoms with Crippen molar-refractivity contribution >= 4 is 46.9 Å². The minimum atomic E-state index is -1.66. The van der Waals surface area contributed by atoms with E-state index in [0.717, 1.165) is 21.7 Å². The Hall–Kier alpha value is -4.74. The lowest BCUT2D eigenvalue weighted by Gasteiger charge is -2.21. The lowest BCUT2D eigenvalue weighted by Crippen LogP contribution is -2.43. The Labute approximate surface area is 253 Å². The summed E-state index contributed by atoms with van der Waals surface area (Å²) in [5.74, 6) is -2.03. The van der Waals surface area contributed by atoms with Crippen LogP contribution in [0.2, 0.25) is 5.02 Å². The van der Waals surface area contributed by atoms with Gasteiger partial charge in [0, 0.05) is 17.5 Å². The van der Waals surface area contributed by atoms with Crippen molar-refractivity contribution in [2.75, 3.05) is 18.4 Å². The number of hydrogen-bond acceptors (Lipinski definition) is 9. The van der Waals surface area contributed by atoms with Crippen LogP contribution < -0.4 is 10.3 Å². The number of amides is 2. The molecule has 3 aromatic rings. The van der Waals surface area contributed by atoms with Gasteiger partial charge in [-0.2, -0.15) is 10.1 Å². The number of halogens is 1. The van der Waals surface area contributed by atoms with Crippen LogP contribution in [0.3, 0.4) is 0 Å². The monoisotopic (exact) mass is 607 g/mol. The summed E-state index contributed by atoms with van der Waals surface area (Å²) in [4.78, 5) is 49.4. The van der Waals surface area contributed by atoms with Crippen LogP contribution in [0.4, 0.5) is 10.5 Å². The largest absolute Gasteiger partial charge is 0.511 e. The molecule has 0 bridgehead atoms. The molecule has 0 aromatic heterocycles. The highest BCUT2D eigenvalue weighted by Crippen LogP contribution is 2.24. The van der Waals surface area contributed by atoms with Gasteiger partial charge in [-0.15, -0.1) is 0 Å². The molecule has 4 rings (SSSR count). The highest BCUT2D eigenvalue weighted by molar-refractivity contribution is 6.44. The first-order valence-electron chi connectivity index (χ1n) is 13.5. The number of carbonyl (C=O) groups excluding carboxylic acids is 4. The number of ether oxygens (including phenoxy) is 3. The summed E-state index contributed by atoms with van der Waals surface area (Å²) in [6.45, 7) is 0.921. The van der Waals surface area contributed by atoms with E-state index < -0.39 is 37.0 Å². The fourth-order valence-corrected chi connectivity index (χ4v) is 4.52. The van der Waals surface area contributed by atoms with Gasteiger partial charge in [0.1, 0.15) is 5.71 Å². The predicted octanol–water partition coefficient (Wildman–Crippen LogP) is 4.25. The number of nitrogens with one attached hydrogen (secondary N) is 1. The summed E-state index contributed by atoms with van der Waals surface area (Å²) in [5, 5.41) is 19.3. The first-order chi connectivity index (χ1) is 20.7. The van der Waals surface area contributed by atoms with Crippen LogP contribution in [0.5, 0.6) is 0 Å². The topological polar surface area (TPSA) is 144 Å². The highest BCUT2D eigenvalue weighted by atomic mass is 35.5.